The zero-order valence-electron chi connectivity index (χ0n) is 22.4. The van der Waals surface area contributed by atoms with Gasteiger partial charge in [-0.25, -0.2) is 14.6 Å². The molecule has 1 aromatic carbocycles. The summed E-state index contributed by atoms with van der Waals surface area (Å²) in [6, 6.07) is 7.60. The van der Waals surface area contributed by atoms with Gasteiger partial charge in [-0.2, -0.15) is 10.00 Å². The average molecular weight is 499 g/mol. The van der Waals surface area contributed by atoms with Crippen LogP contribution in [0.5, 0.6) is 0 Å². The number of aryl methyl sites for hydroxylation is 2. The molecule has 2 heterocycles. The van der Waals surface area contributed by atoms with E-state index in [-0.39, 0.29) is 12.4 Å². The third-order valence-electron chi connectivity index (χ3n) is 5.29. The molecule has 0 aliphatic rings. The normalized spacial score (nSPS) is 12.2. The molecule has 3 rings (SSSR count). The number of imide groups is 1. The molecule has 3 aromatic rings. The highest BCUT2D eigenvalue weighted by atomic mass is 16.6. The summed E-state index contributed by atoms with van der Waals surface area (Å²) in [5, 5.41) is 15.9. The molecule has 0 fully saturated rings. The maximum atomic E-state index is 13.4. The number of ether oxygens (including phenoxy) is 2. The van der Waals surface area contributed by atoms with Crippen LogP contribution in [0, 0.1) is 0 Å². The summed E-state index contributed by atoms with van der Waals surface area (Å²) < 4.78 is 13.1. The maximum Gasteiger partial charge on any atom is 0.425 e. The van der Waals surface area contributed by atoms with Crippen LogP contribution in [0.2, 0.25) is 0 Å². The molecule has 1 N–H and O–H groups in total. The van der Waals surface area contributed by atoms with E-state index in [0.717, 1.165) is 34.2 Å². The number of hydrogen-bond acceptors (Lipinski definition) is 7. The van der Waals surface area contributed by atoms with E-state index in [4.69, 9.17) is 19.6 Å². The second-order valence-electron chi connectivity index (χ2n) is 10.8. The number of benzene rings is 1. The second kappa shape index (κ2) is 10.8. The first-order valence-electron chi connectivity index (χ1n) is 12.5. The summed E-state index contributed by atoms with van der Waals surface area (Å²) in [6.07, 6.45) is 1.21. The van der Waals surface area contributed by atoms with Crippen LogP contribution < -0.4 is 4.90 Å². The molecule has 2 amide bonds. The fraction of sp³-hybridized carbons (Fsp3) is 0.556. The molecule has 196 valence electrons. The van der Waals surface area contributed by atoms with Crippen molar-refractivity contribution in [3.8, 4) is 0 Å². The zero-order valence-corrected chi connectivity index (χ0v) is 22.4. The largest absolute Gasteiger partial charge is 0.443 e. The molecule has 0 aliphatic carbocycles. The maximum absolute atomic E-state index is 13.4. The number of aliphatic hydroxyl groups excluding tert-OH is 1. The number of hydrogen-bond donors (Lipinski definition) is 1. The summed E-state index contributed by atoms with van der Waals surface area (Å²) in [6.45, 7) is 13.2. The number of aromatic nitrogens is 3. The number of nitrogens with zero attached hydrogens (tertiary/aromatic N) is 4. The van der Waals surface area contributed by atoms with Gasteiger partial charge in [0.2, 0.25) is 0 Å². The lowest BCUT2D eigenvalue weighted by Crippen LogP contribution is -2.44. The van der Waals surface area contributed by atoms with Crippen LogP contribution in [0.15, 0.2) is 24.3 Å². The lowest BCUT2D eigenvalue weighted by atomic mass is 10.0. The van der Waals surface area contributed by atoms with Gasteiger partial charge < -0.3 is 14.6 Å². The van der Waals surface area contributed by atoms with Crippen LogP contribution >= 0.6 is 0 Å². The molecule has 9 heteroatoms. The van der Waals surface area contributed by atoms with Crippen molar-refractivity contribution in [2.45, 2.75) is 91.9 Å². The van der Waals surface area contributed by atoms with Gasteiger partial charge in [0.05, 0.1) is 5.52 Å². The number of rotatable bonds is 7. The topological polar surface area (TPSA) is 107 Å². The van der Waals surface area contributed by atoms with Gasteiger partial charge in [0.15, 0.2) is 5.82 Å². The van der Waals surface area contributed by atoms with E-state index in [0.29, 0.717) is 30.4 Å². The molecule has 0 atom stereocenters. The number of anilines is 1. The van der Waals surface area contributed by atoms with Gasteiger partial charge >= 0.3 is 12.2 Å². The van der Waals surface area contributed by atoms with Gasteiger partial charge in [-0.1, -0.05) is 25.1 Å². The van der Waals surface area contributed by atoms with Gasteiger partial charge in [0, 0.05) is 29.6 Å². The van der Waals surface area contributed by atoms with Crippen molar-refractivity contribution in [1.82, 2.24) is 14.8 Å². The highest BCUT2D eigenvalue weighted by Gasteiger charge is 2.36. The van der Waals surface area contributed by atoms with E-state index < -0.39 is 23.4 Å². The Morgan fingerprint density at radius 1 is 1.00 bits per heavy atom. The van der Waals surface area contributed by atoms with Crippen LogP contribution in [0.4, 0.5) is 15.4 Å². The van der Waals surface area contributed by atoms with Gasteiger partial charge in [-0.3, -0.25) is 4.68 Å². The minimum Gasteiger partial charge on any atom is -0.443 e. The predicted octanol–water partition coefficient (Wildman–Crippen LogP) is 5.99. The van der Waals surface area contributed by atoms with Crippen LogP contribution in [0.3, 0.4) is 0 Å². The Kier molecular flexibility index (Phi) is 8.23. The molecular formula is C27H38N4O5. The minimum atomic E-state index is -0.882. The van der Waals surface area contributed by atoms with Crippen LogP contribution in [0.1, 0.15) is 73.4 Å². The van der Waals surface area contributed by atoms with Crippen LogP contribution in [-0.4, -0.2) is 49.9 Å². The smallest absolute Gasteiger partial charge is 0.425 e. The Morgan fingerprint density at radius 2 is 1.61 bits per heavy atom. The Bertz CT molecular complexity index is 1210. The van der Waals surface area contributed by atoms with Crippen molar-refractivity contribution in [1.29, 1.82) is 0 Å². The summed E-state index contributed by atoms with van der Waals surface area (Å²) in [7, 11) is 0. The monoisotopic (exact) mass is 498 g/mol. The number of aliphatic hydroxyl groups is 1. The average Bonchev–Trinajstić information content (AvgIpc) is 3.10. The first-order chi connectivity index (χ1) is 16.9. The Hall–Kier alpha value is -3.20. The Balaban J connectivity index is 2.33. The molecule has 2 aromatic heterocycles. The zero-order chi connectivity index (χ0) is 26.7. The van der Waals surface area contributed by atoms with Gasteiger partial charge in [-0.05, 0) is 73.3 Å². The Labute approximate surface area is 212 Å². The molecule has 0 saturated carbocycles. The number of pyridine rings is 1. The fourth-order valence-electron chi connectivity index (χ4n) is 3.96. The molecule has 0 unspecified atom stereocenters. The number of para-hydroxylation sites is 1. The molecule has 0 spiro atoms. The molecule has 0 saturated heterocycles. The van der Waals surface area contributed by atoms with E-state index in [1.807, 2.05) is 28.9 Å². The predicted molar refractivity (Wildman–Crippen MR) is 140 cm³/mol. The summed E-state index contributed by atoms with van der Waals surface area (Å²) in [4.78, 5) is 32.4. The number of fused-ring (bicyclic) bond motifs is 3. The minimum absolute atomic E-state index is 0.0745. The van der Waals surface area contributed by atoms with E-state index >= 15 is 0 Å². The highest BCUT2D eigenvalue weighted by molar-refractivity contribution is 6.18. The van der Waals surface area contributed by atoms with Gasteiger partial charge in [0.1, 0.15) is 16.7 Å². The van der Waals surface area contributed by atoms with Crippen molar-refractivity contribution in [2.24, 2.45) is 0 Å². The third kappa shape index (κ3) is 6.32. The standard InChI is InChI=1S/C27H38N4O5/c1-8-16-30-20(15-11-12-17-32)21-18-13-9-10-14-19(18)28-23(22(21)29-30)31(24(33)35-26(2,3)4)25(34)36-27(5,6)7/h9-10,13-14,32H,8,11-12,15-17H2,1-7H3. The van der Waals surface area contributed by atoms with E-state index in [9.17, 15) is 14.7 Å². The number of carbonyl (C=O) groups excluding carboxylic acids is 2. The van der Waals surface area contributed by atoms with Crippen molar-refractivity contribution in [3.05, 3.63) is 30.0 Å². The molecule has 36 heavy (non-hydrogen) atoms. The number of carbonyl (C=O) groups is 2. The van der Waals surface area contributed by atoms with Crippen molar-refractivity contribution >= 4 is 39.8 Å². The SMILES string of the molecule is CCCn1nc2c(N(C(=O)OC(C)(C)C)C(=O)OC(C)(C)C)nc3ccccc3c2c1CCCCO. The second-order valence-corrected chi connectivity index (χ2v) is 10.8. The molecule has 0 bridgehead atoms. The molecule has 0 aliphatic heterocycles. The molecule has 0 radical (unpaired) electrons. The van der Waals surface area contributed by atoms with Crippen molar-refractivity contribution in [2.75, 3.05) is 11.5 Å². The Morgan fingerprint density at radius 3 is 2.17 bits per heavy atom. The van der Waals surface area contributed by atoms with Crippen LogP contribution in [0.25, 0.3) is 21.8 Å². The number of unbranched alkanes of at least 4 members (excludes halogenated alkanes) is 1. The van der Waals surface area contributed by atoms with Crippen molar-refractivity contribution in [3.63, 3.8) is 0 Å². The molecule has 9 nitrogen and oxygen atoms in total. The summed E-state index contributed by atoms with van der Waals surface area (Å²) in [5.74, 6) is 0.0745. The van der Waals surface area contributed by atoms with Gasteiger partial charge in [0.25, 0.3) is 0 Å². The quantitative estimate of drug-likeness (QED) is 0.399. The summed E-state index contributed by atoms with van der Waals surface area (Å²) in [5.41, 5.74) is 0.345. The van der Waals surface area contributed by atoms with E-state index in [1.54, 1.807) is 41.5 Å². The fourth-order valence-corrected chi connectivity index (χ4v) is 3.96. The summed E-state index contributed by atoms with van der Waals surface area (Å²) >= 11 is 0. The number of amides is 2. The van der Waals surface area contributed by atoms with Gasteiger partial charge in [-0.15, -0.1) is 0 Å². The lowest BCUT2D eigenvalue weighted by molar-refractivity contribution is 0.0429. The van der Waals surface area contributed by atoms with E-state index in [2.05, 4.69) is 6.92 Å². The third-order valence-corrected chi connectivity index (χ3v) is 5.29. The van der Waals surface area contributed by atoms with Crippen LogP contribution in [-0.2, 0) is 22.4 Å². The highest BCUT2D eigenvalue weighted by Crippen LogP contribution is 2.35. The first-order valence-corrected chi connectivity index (χ1v) is 12.5. The molecular weight excluding hydrogens is 460 g/mol. The van der Waals surface area contributed by atoms with Crippen molar-refractivity contribution < 1.29 is 24.2 Å². The van der Waals surface area contributed by atoms with E-state index in [1.165, 1.54) is 0 Å². The lowest BCUT2D eigenvalue weighted by Gasteiger charge is -2.28. The first kappa shape index (κ1) is 27.4.